The zero-order chi connectivity index (χ0) is 11.4. The van der Waals surface area contributed by atoms with Gasteiger partial charge < -0.3 is 5.73 Å². The molecule has 1 rings (SSSR count). The molecule has 0 saturated carbocycles. The number of nitrogens with zero attached hydrogens (tertiary/aromatic N) is 1. The third-order valence-corrected chi connectivity index (χ3v) is 1.98. The van der Waals surface area contributed by atoms with Crippen LogP contribution < -0.4 is 5.73 Å². The van der Waals surface area contributed by atoms with E-state index in [1.54, 1.807) is 12.1 Å². The van der Waals surface area contributed by atoms with Gasteiger partial charge in [-0.15, -0.1) is 0 Å². The highest BCUT2D eigenvalue weighted by atomic mass is 19.1. The Morgan fingerprint density at radius 2 is 2.00 bits per heavy atom. The first-order valence-corrected chi connectivity index (χ1v) is 4.47. The summed E-state index contributed by atoms with van der Waals surface area (Å²) in [5, 5.41) is 0. The van der Waals surface area contributed by atoms with E-state index in [1.807, 2.05) is 0 Å². The van der Waals surface area contributed by atoms with Crippen molar-refractivity contribution < 1.29 is 9.18 Å². The molecule has 0 heterocycles. The first-order chi connectivity index (χ1) is 7.00. The summed E-state index contributed by atoms with van der Waals surface area (Å²) in [6.45, 7) is 5.21. The quantitative estimate of drug-likeness (QED) is 0.820. The Morgan fingerprint density at radius 1 is 1.47 bits per heavy atom. The second kappa shape index (κ2) is 4.59. The summed E-state index contributed by atoms with van der Waals surface area (Å²) in [5.41, 5.74) is 6.26. The molecule has 4 heteroatoms. The molecule has 0 fully saturated rings. The van der Waals surface area contributed by atoms with Crippen LogP contribution in [-0.2, 0) is 11.3 Å². The van der Waals surface area contributed by atoms with Crippen molar-refractivity contribution in [1.82, 2.24) is 4.90 Å². The van der Waals surface area contributed by atoms with Crippen LogP contribution in [-0.4, -0.2) is 10.8 Å². The van der Waals surface area contributed by atoms with Crippen LogP contribution in [0.25, 0.3) is 0 Å². The van der Waals surface area contributed by atoms with Crippen molar-refractivity contribution in [2.75, 3.05) is 0 Å². The minimum Gasteiger partial charge on any atom is -0.386 e. The highest BCUT2D eigenvalue weighted by molar-refractivity contribution is 5.74. The van der Waals surface area contributed by atoms with Gasteiger partial charge in [-0.05, 0) is 17.7 Å². The summed E-state index contributed by atoms with van der Waals surface area (Å²) in [6, 6.07) is 5.89. The summed E-state index contributed by atoms with van der Waals surface area (Å²) >= 11 is 0. The van der Waals surface area contributed by atoms with Gasteiger partial charge in [0.2, 0.25) is 5.91 Å². The minimum atomic E-state index is -0.306. The Labute approximate surface area is 88.0 Å². The van der Waals surface area contributed by atoms with Crippen molar-refractivity contribution in [2.45, 2.75) is 13.5 Å². The fourth-order valence-corrected chi connectivity index (χ4v) is 1.19. The van der Waals surface area contributed by atoms with Gasteiger partial charge in [-0.2, -0.15) is 0 Å². The lowest BCUT2D eigenvalue weighted by Crippen LogP contribution is -2.30. The Morgan fingerprint density at radius 3 is 2.40 bits per heavy atom. The monoisotopic (exact) mass is 208 g/mol. The number of amides is 1. The van der Waals surface area contributed by atoms with Crippen molar-refractivity contribution >= 4 is 5.91 Å². The van der Waals surface area contributed by atoms with Gasteiger partial charge in [-0.25, -0.2) is 4.39 Å². The zero-order valence-corrected chi connectivity index (χ0v) is 8.53. The average molecular weight is 208 g/mol. The van der Waals surface area contributed by atoms with E-state index < -0.39 is 0 Å². The SMILES string of the molecule is C=C(N)N(Cc1ccc(F)cc1)C(C)=O. The second-order valence-corrected chi connectivity index (χ2v) is 3.22. The topological polar surface area (TPSA) is 46.3 Å². The van der Waals surface area contributed by atoms with Crippen LogP contribution in [0.1, 0.15) is 12.5 Å². The third kappa shape index (κ3) is 3.09. The molecule has 0 aliphatic heterocycles. The molecule has 0 bridgehead atoms. The van der Waals surface area contributed by atoms with Gasteiger partial charge in [-0.3, -0.25) is 9.69 Å². The molecular weight excluding hydrogens is 195 g/mol. The maximum Gasteiger partial charge on any atom is 0.225 e. The van der Waals surface area contributed by atoms with Crippen LogP contribution >= 0.6 is 0 Å². The standard InChI is InChI=1S/C11H13FN2O/c1-8(13)14(9(2)15)7-10-3-5-11(12)6-4-10/h3-6H,1,7,13H2,2H3. The maximum absolute atomic E-state index is 12.6. The fourth-order valence-electron chi connectivity index (χ4n) is 1.19. The molecule has 0 unspecified atom stereocenters. The van der Waals surface area contributed by atoms with Crippen LogP contribution in [0.5, 0.6) is 0 Å². The van der Waals surface area contributed by atoms with E-state index in [0.29, 0.717) is 6.54 Å². The lowest BCUT2D eigenvalue weighted by molar-refractivity contribution is -0.127. The highest BCUT2D eigenvalue weighted by Crippen LogP contribution is 2.08. The Kier molecular flexibility index (Phi) is 3.44. The molecule has 80 valence electrons. The normalized spacial score (nSPS) is 9.73. The van der Waals surface area contributed by atoms with E-state index in [1.165, 1.54) is 24.0 Å². The van der Waals surface area contributed by atoms with Crippen molar-refractivity contribution in [2.24, 2.45) is 5.73 Å². The summed E-state index contributed by atoms with van der Waals surface area (Å²) in [4.78, 5) is 12.5. The van der Waals surface area contributed by atoms with Crippen LogP contribution in [0.15, 0.2) is 36.7 Å². The molecule has 15 heavy (non-hydrogen) atoms. The average Bonchev–Trinajstić information content (AvgIpc) is 2.15. The summed E-state index contributed by atoms with van der Waals surface area (Å²) < 4.78 is 12.6. The number of nitrogens with two attached hydrogens (primary N) is 1. The number of carbonyl (C=O) groups excluding carboxylic acids is 1. The molecule has 0 saturated heterocycles. The highest BCUT2D eigenvalue weighted by Gasteiger charge is 2.10. The molecule has 0 radical (unpaired) electrons. The molecule has 1 amide bonds. The number of hydrogen-bond donors (Lipinski definition) is 1. The van der Waals surface area contributed by atoms with E-state index >= 15 is 0 Å². The van der Waals surface area contributed by atoms with Crippen LogP contribution in [0, 0.1) is 5.82 Å². The van der Waals surface area contributed by atoms with E-state index in [2.05, 4.69) is 6.58 Å². The molecular formula is C11H13FN2O. The predicted octanol–water partition coefficient (Wildman–Crippen LogP) is 1.60. The molecule has 1 aromatic rings. The summed E-state index contributed by atoms with van der Waals surface area (Å²) in [7, 11) is 0. The third-order valence-electron chi connectivity index (χ3n) is 1.98. The predicted molar refractivity (Wildman–Crippen MR) is 56.0 cm³/mol. The fraction of sp³-hybridized carbons (Fsp3) is 0.182. The van der Waals surface area contributed by atoms with E-state index in [9.17, 15) is 9.18 Å². The van der Waals surface area contributed by atoms with Crippen LogP contribution in [0.2, 0.25) is 0 Å². The van der Waals surface area contributed by atoms with Crippen LogP contribution in [0.3, 0.4) is 0 Å². The van der Waals surface area contributed by atoms with Gasteiger partial charge in [-0.1, -0.05) is 18.7 Å². The van der Waals surface area contributed by atoms with E-state index in [-0.39, 0.29) is 17.5 Å². The lowest BCUT2D eigenvalue weighted by Gasteiger charge is -2.20. The van der Waals surface area contributed by atoms with Gasteiger partial charge >= 0.3 is 0 Å². The lowest BCUT2D eigenvalue weighted by atomic mass is 10.2. The summed E-state index contributed by atoms with van der Waals surface area (Å²) in [6.07, 6.45) is 0. The summed E-state index contributed by atoms with van der Waals surface area (Å²) in [5.74, 6) is -0.307. The Balaban J connectivity index is 2.79. The number of carbonyl (C=O) groups is 1. The van der Waals surface area contributed by atoms with Crippen molar-refractivity contribution in [3.05, 3.63) is 48.0 Å². The molecule has 0 spiro atoms. The van der Waals surface area contributed by atoms with Crippen molar-refractivity contribution in [3.63, 3.8) is 0 Å². The molecule has 2 N–H and O–H groups in total. The van der Waals surface area contributed by atoms with Crippen LogP contribution in [0.4, 0.5) is 4.39 Å². The van der Waals surface area contributed by atoms with Crippen molar-refractivity contribution in [1.29, 1.82) is 0 Å². The molecule has 3 nitrogen and oxygen atoms in total. The zero-order valence-electron chi connectivity index (χ0n) is 8.53. The Bertz CT molecular complexity index is 359. The van der Waals surface area contributed by atoms with Gasteiger partial charge in [0.05, 0.1) is 12.4 Å². The van der Waals surface area contributed by atoms with Crippen molar-refractivity contribution in [3.8, 4) is 0 Å². The largest absolute Gasteiger partial charge is 0.386 e. The smallest absolute Gasteiger partial charge is 0.225 e. The first kappa shape index (κ1) is 11.2. The van der Waals surface area contributed by atoms with Gasteiger partial charge in [0.1, 0.15) is 5.82 Å². The second-order valence-electron chi connectivity index (χ2n) is 3.22. The molecule has 1 aromatic carbocycles. The molecule has 0 aliphatic carbocycles. The number of benzene rings is 1. The molecule has 0 aromatic heterocycles. The number of halogens is 1. The molecule has 0 aliphatic rings. The maximum atomic E-state index is 12.6. The van der Waals surface area contributed by atoms with E-state index in [4.69, 9.17) is 5.73 Å². The molecule has 0 atom stereocenters. The van der Waals surface area contributed by atoms with Gasteiger partial charge in [0.25, 0.3) is 0 Å². The Hall–Kier alpha value is -1.84. The number of rotatable bonds is 3. The minimum absolute atomic E-state index is 0.187. The van der Waals surface area contributed by atoms with Gasteiger partial charge in [0, 0.05) is 6.92 Å². The number of hydrogen-bond acceptors (Lipinski definition) is 2. The van der Waals surface area contributed by atoms with Gasteiger partial charge in [0.15, 0.2) is 0 Å². The first-order valence-electron chi connectivity index (χ1n) is 4.47. The van der Waals surface area contributed by atoms with E-state index in [0.717, 1.165) is 5.56 Å².